The van der Waals surface area contributed by atoms with Gasteiger partial charge in [-0.15, -0.1) is 0 Å². The molecule has 64 heavy (non-hydrogen) atoms. The van der Waals surface area contributed by atoms with Crippen molar-refractivity contribution < 1.29 is 0 Å². The van der Waals surface area contributed by atoms with Crippen molar-refractivity contribution >= 4 is 49.6 Å². The molecule has 314 valence electrons. The van der Waals surface area contributed by atoms with E-state index in [2.05, 4.69) is 263 Å². The van der Waals surface area contributed by atoms with Crippen LogP contribution in [-0.2, 0) is 0 Å². The van der Waals surface area contributed by atoms with Crippen LogP contribution in [0.25, 0.3) is 71.6 Å². The van der Waals surface area contributed by atoms with Gasteiger partial charge in [0.05, 0.1) is 11.0 Å². The molecule has 2 nitrogen and oxygen atoms in total. The molecule has 0 saturated carbocycles. The lowest BCUT2D eigenvalue weighted by Crippen LogP contribution is -2.23. The monoisotopic (exact) mass is 828 g/mol. The smallest absolute Gasteiger partial charge is 0.0541 e. The minimum absolute atomic E-state index is 0.177. The molecule has 0 bridgehead atoms. The van der Waals surface area contributed by atoms with Crippen LogP contribution in [0, 0.1) is 10.8 Å². The van der Waals surface area contributed by atoms with E-state index >= 15 is 0 Å². The molecule has 2 heteroatoms. The van der Waals surface area contributed by atoms with Gasteiger partial charge in [-0.05, 0) is 146 Å². The highest BCUT2D eigenvalue weighted by Gasteiger charge is 2.30. The highest BCUT2D eigenvalue weighted by molar-refractivity contribution is 6.11. The first kappa shape index (κ1) is 40.9. The first-order valence-corrected chi connectivity index (χ1v) is 22.8. The van der Waals surface area contributed by atoms with Crippen LogP contribution in [0.1, 0.15) is 59.4 Å². The Labute approximate surface area is 379 Å². The number of hydrogen-bond acceptors (Lipinski definition) is 1. The lowest BCUT2D eigenvalue weighted by atomic mass is 9.69. The normalized spacial score (nSPS) is 12.5. The second-order valence-corrected chi connectivity index (χ2v) is 19.8. The first-order chi connectivity index (χ1) is 31.0. The van der Waals surface area contributed by atoms with E-state index in [-0.39, 0.29) is 10.8 Å². The van der Waals surface area contributed by atoms with E-state index in [9.17, 15) is 0 Å². The van der Waals surface area contributed by atoms with Gasteiger partial charge in [-0.3, -0.25) is 0 Å². The largest absolute Gasteiger partial charge is 0.310 e. The summed E-state index contributed by atoms with van der Waals surface area (Å²) in [6.45, 7) is 14.2. The summed E-state index contributed by atoms with van der Waals surface area (Å²) in [4.78, 5) is 2.36. The standard InChI is InChI=1S/C62H56N2/c1-61(2,3)42-58(62(4,5)6)48-23-21-46(22-24-48)50-30-37-59-56(40-50)57-41-51(31-38-60(57)64(59)52-19-11-8-12-20-52)47-27-34-54(35-28-47)63(55-36-29-44-17-13-14-18-49(44)39-55)53-32-25-45(26-33-53)43-15-9-7-10-16-43/h7-41,58H,42H2,1-6H3. The lowest BCUT2D eigenvalue weighted by molar-refractivity contribution is 0.229. The second kappa shape index (κ2) is 16.5. The van der Waals surface area contributed by atoms with Gasteiger partial charge in [-0.2, -0.15) is 0 Å². The van der Waals surface area contributed by atoms with Gasteiger partial charge in [0, 0.05) is 33.5 Å². The van der Waals surface area contributed by atoms with Crippen LogP contribution in [0.4, 0.5) is 17.1 Å². The minimum atomic E-state index is 0.177. The fourth-order valence-corrected chi connectivity index (χ4v) is 9.68. The summed E-state index contributed by atoms with van der Waals surface area (Å²) >= 11 is 0. The van der Waals surface area contributed by atoms with Crippen molar-refractivity contribution in [2.75, 3.05) is 4.90 Å². The molecule has 0 saturated heterocycles. The summed E-state index contributed by atoms with van der Waals surface area (Å²) in [6.07, 6.45) is 1.15. The summed E-state index contributed by atoms with van der Waals surface area (Å²) in [6, 6.07) is 78.1. The zero-order valence-electron chi connectivity index (χ0n) is 37.9. The number of para-hydroxylation sites is 1. The topological polar surface area (TPSA) is 8.17 Å². The number of benzene rings is 9. The van der Waals surface area contributed by atoms with E-state index in [0.29, 0.717) is 5.92 Å². The molecule has 0 radical (unpaired) electrons. The quantitative estimate of drug-likeness (QED) is 0.141. The minimum Gasteiger partial charge on any atom is -0.310 e. The Morgan fingerprint density at radius 2 is 0.828 bits per heavy atom. The van der Waals surface area contributed by atoms with Crippen LogP contribution in [0.2, 0.25) is 0 Å². The highest BCUT2D eigenvalue weighted by Crippen LogP contribution is 2.44. The number of hydrogen-bond donors (Lipinski definition) is 0. The second-order valence-electron chi connectivity index (χ2n) is 19.8. The number of anilines is 3. The van der Waals surface area contributed by atoms with Crippen LogP contribution in [0.3, 0.4) is 0 Å². The number of aromatic nitrogens is 1. The first-order valence-electron chi connectivity index (χ1n) is 22.8. The number of fused-ring (bicyclic) bond motifs is 4. The third-order valence-corrected chi connectivity index (χ3v) is 13.0. The molecule has 0 aliphatic rings. The molecule has 1 unspecified atom stereocenters. The Morgan fingerprint density at radius 1 is 0.391 bits per heavy atom. The van der Waals surface area contributed by atoms with E-state index in [1.165, 1.54) is 71.5 Å². The van der Waals surface area contributed by atoms with Gasteiger partial charge in [0.25, 0.3) is 0 Å². The van der Waals surface area contributed by atoms with Crippen molar-refractivity contribution in [1.82, 2.24) is 4.57 Å². The maximum absolute atomic E-state index is 2.41. The van der Waals surface area contributed by atoms with E-state index in [4.69, 9.17) is 0 Å². The van der Waals surface area contributed by atoms with E-state index in [1.54, 1.807) is 0 Å². The zero-order chi connectivity index (χ0) is 44.0. The van der Waals surface area contributed by atoms with Crippen LogP contribution in [0.5, 0.6) is 0 Å². The average Bonchev–Trinajstić information content (AvgIpc) is 3.64. The third kappa shape index (κ3) is 8.13. The summed E-state index contributed by atoms with van der Waals surface area (Å²) < 4.78 is 2.41. The van der Waals surface area contributed by atoms with Crippen molar-refractivity contribution in [1.29, 1.82) is 0 Å². The van der Waals surface area contributed by atoms with Gasteiger partial charge in [-0.1, -0.05) is 181 Å². The molecule has 0 N–H and O–H groups in total. The maximum atomic E-state index is 2.41. The average molecular weight is 829 g/mol. The molecule has 10 aromatic rings. The molecule has 0 spiro atoms. The number of nitrogens with zero attached hydrogens (tertiary/aromatic N) is 2. The molecule has 1 aromatic heterocycles. The van der Waals surface area contributed by atoms with Crippen LogP contribution >= 0.6 is 0 Å². The Morgan fingerprint density at radius 3 is 1.36 bits per heavy atom. The van der Waals surface area contributed by atoms with Crippen molar-refractivity contribution in [2.24, 2.45) is 10.8 Å². The highest BCUT2D eigenvalue weighted by atomic mass is 15.1. The third-order valence-electron chi connectivity index (χ3n) is 13.0. The van der Waals surface area contributed by atoms with Crippen molar-refractivity contribution in [2.45, 2.75) is 53.9 Å². The molecule has 0 amide bonds. The molecule has 0 aliphatic heterocycles. The predicted molar refractivity (Wildman–Crippen MR) is 276 cm³/mol. The Balaban J connectivity index is 1.04. The van der Waals surface area contributed by atoms with Gasteiger partial charge in [0.2, 0.25) is 0 Å². The Kier molecular flexibility index (Phi) is 10.6. The van der Waals surface area contributed by atoms with Gasteiger partial charge in [0.15, 0.2) is 0 Å². The lowest BCUT2D eigenvalue weighted by Gasteiger charge is -2.36. The number of rotatable bonds is 9. The summed E-state index contributed by atoms with van der Waals surface area (Å²) in [7, 11) is 0. The fraction of sp³-hybridized carbons (Fsp3) is 0.161. The van der Waals surface area contributed by atoms with E-state index < -0.39 is 0 Å². The van der Waals surface area contributed by atoms with Gasteiger partial charge in [-0.25, -0.2) is 0 Å². The van der Waals surface area contributed by atoms with E-state index in [1.807, 2.05) is 0 Å². The van der Waals surface area contributed by atoms with Gasteiger partial charge < -0.3 is 9.47 Å². The van der Waals surface area contributed by atoms with Crippen LogP contribution < -0.4 is 4.90 Å². The SMILES string of the molecule is CC(C)(C)CC(c1ccc(-c2ccc3c(c2)c2cc(-c4ccc(N(c5ccc(-c6ccccc6)cc5)c5ccc6ccccc6c5)cc4)ccc2n3-c2ccccc2)cc1)C(C)(C)C. The molecular formula is C62H56N2. The zero-order valence-corrected chi connectivity index (χ0v) is 37.9. The molecule has 10 rings (SSSR count). The summed E-state index contributed by atoms with van der Waals surface area (Å²) in [5, 5.41) is 4.94. The van der Waals surface area contributed by atoms with Crippen LogP contribution in [-0.4, -0.2) is 4.57 Å². The van der Waals surface area contributed by atoms with Gasteiger partial charge in [0.1, 0.15) is 0 Å². The molecule has 0 aliphatic carbocycles. The fourth-order valence-electron chi connectivity index (χ4n) is 9.68. The molecule has 0 fully saturated rings. The molecular weight excluding hydrogens is 773 g/mol. The van der Waals surface area contributed by atoms with Crippen molar-refractivity contribution in [3.63, 3.8) is 0 Å². The van der Waals surface area contributed by atoms with Crippen molar-refractivity contribution in [3.8, 4) is 39.1 Å². The Bertz CT molecular complexity index is 3220. The van der Waals surface area contributed by atoms with Crippen LogP contribution in [0.15, 0.2) is 212 Å². The maximum Gasteiger partial charge on any atom is 0.0541 e. The molecule has 1 heterocycles. The molecule has 1 atom stereocenters. The molecule has 9 aromatic carbocycles. The summed E-state index contributed by atoms with van der Waals surface area (Å²) in [5.41, 5.74) is 16.0. The predicted octanol–water partition coefficient (Wildman–Crippen LogP) is 18.0. The Hall–Kier alpha value is -7.16. The van der Waals surface area contributed by atoms with Crippen molar-refractivity contribution in [3.05, 3.63) is 218 Å². The summed E-state index contributed by atoms with van der Waals surface area (Å²) in [5.74, 6) is 0.480. The van der Waals surface area contributed by atoms with E-state index in [0.717, 1.165) is 29.2 Å². The van der Waals surface area contributed by atoms with Gasteiger partial charge >= 0.3 is 0 Å².